The van der Waals surface area contributed by atoms with Crippen molar-refractivity contribution in [2.45, 2.75) is 39.3 Å². The van der Waals surface area contributed by atoms with E-state index in [9.17, 15) is 4.79 Å². The van der Waals surface area contributed by atoms with Crippen LogP contribution >= 0.6 is 11.3 Å². The van der Waals surface area contributed by atoms with Crippen LogP contribution in [0.25, 0.3) is 0 Å². The molecule has 0 radical (unpaired) electrons. The van der Waals surface area contributed by atoms with E-state index in [-0.39, 0.29) is 11.9 Å². The maximum Gasteiger partial charge on any atom is 0.247 e. The minimum atomic E-state index is -0.549. The van der Waals surface area contributed by atoms with Gasteiger partial charge in [-0.3, -0.25) is 4.79 Å². The Morgan fingerprint density at radius 1 is 1.42 bits per heavy atom. The number of hydrogen-bond donors (Lipinski definition) is 1. The summed E-state index contributed by atoms with van der Waals surface area (Å²) in [6.07, 6.45) is 0. The zero-order valence-corrected chi connectivity index (χ0v) is 13.0. The number of rotatable bonds is 2. The number of amides is 1. The molecule has 1 unspecified atom stereocenters. The number of aromatic nitrogens is 1. The number of hydrogen-bond acceptors (Lipinski definition) is 5. The fraction of sp³-hybridized carbons (Fsp3) is 0.692. The van der Waals surface area contributed by atoms with Gasteiger partial charge in [-0.05, 0) is 27.7 Å². The van der Waals surface area contributed by atoms with Gasteiger partial charge in [0.25, 0.3) is 0 Å². The molecule has 2 N–H and O–H groups in total. The zero-order valence-electron chi connectivity index (χ0n) is 12.2. The highest BCUT2D eigenvalue weighted by Crippen LogP contribution is 2.35. The molecule has 106 valence electrons. The van der Waals surface area contributed by atoms with E-state index in [1.165, 1.54) is 0 Å². The summed E-state index contributed by atoms with van der Waals surface area (Å²) in [5.41, 5.74) is 6.37. The fourth-order valence-electron chi connectivity index (χ4n) is 2.48. The van der Waals surface area contributed by atoms with Gasteiger partial charge < -0.3 is 15.5 Å². The minimum absolute atomic E-state index is 0.0162. The lowest BCUT2D eigenvalue weighted by atomic mass is 9.99. The predicted octanol–water partition coefficient (Wildman–Crippen LogP) is 1.53. The molecule has 19 heavy (non-hydrogen) atoms. The molecular weight excluding hydrogens is 260 g/mol. The quantitative estimate of drug-likeness (QED) is 0.893. The van der Waals surface area contributed by atoms with E-state index in [1.54, 1.807) is 16.2 Å². The molecule has 5 nitrogen and oxygen atoms in total. The second-order valence-electron chi connectivity index (χ2n) is 5.67. The third-order valence-corrected chi connectivity index (χ3v) is 5.05. The number of likely N-dealkylation sites (N-methyl/N-ethyl adjacent to an activating group) is 1. The van der Waals surface area contributed by atoms with Gasteiger partial charge in [0.15, 0.2) is 5.13 Å². The largest absolute Gasteiger partial charge is 0.342 e. The van der Waals surface area contributed by atoms with Gasteiger partial charge in [0.05, 0.1) is 5.69 Å². The van der Waals surface area contributed by atoms with Crippen molar-refractivity contribution in [2.24, 2.45) is 5.73 Å². The summed E-state index contributed by atoms with van der Waals surface area (Å²) < 4.78 is 0. The van der Waals surface area contributed by atoms with E-state index >= 15 is 0 Å². The molecule has 1 aromatic heterocycles. The minimum Gasteiger partial charge on any atom is -0.342 e. The first kappa shape index (κ1) is 14.3. The predicted molar refractivity (Wildman–Crippen MR) is 78.5 cm³/mol. The number of anilines is 1. The maximum atomic E-state index is 12.3. The van der Waals surface area contributed by atoms with Gasteiger partial charge in [-0.15, -0.1) is 0 Å². The summed E-state index contributed by atoms with van der Waals surface area (Å²) in [5.74, 6) is 0.133. The van der Waals surface area contributed by atoms with Crippen molar-refractivity contribution in [3.05, 3.63) is 10.6 Å². The molecule has 0 saturated carbocycles. The van der Waals surface area contributed by atoms with Gasteiger partial charge in [-0.25, -0.2) is 4.98 Å². The molecule has 1 aliphatic rings. The first-order chi connectivity index (χ1) is 8.75. The Kier molecular flexibility index (Phi) is 3.57. The summed E-state index contributed by atoms with van der Waals surface area (Å²) in [7, 11) is 1.85. The van der Waals surface area contributed by atoms with E-state index < -0.39 is 5.54 Å². The Bertz CT molecular complexity index is 495. The van der Waals surface area contributed by atoms with Crippen LogP contribution in [-0.2, 0) is 4.79 Å². The average molecular weight is 282 g/mol. The molecule has 0 spiro atoms. The van der Waals surface area contributed by atoms with Crippen LogP contribution in [0.3, 0.4) is 0 Å². The Hall–Kier alpha value is -1.14. The molecule has 6 heteroatoms. The summed E-state index contributed by atoms with van der Waals surface area (Å²) in [4.78, 5) is 21.9. The van der Waals surface area contributed by atoms with Crippen LogP contribution in [0.4, 0.5) is 5.13 Å². The summed E-state index contributed by atoms with van der Waals surface area (Å²) >= 11 is 1.60. The third-order valence-electron chi connectivity index (χ3n) is 3.67. The number of piperazine rings is 1. The van der Waals surface area contributed by atoms with Crippen LogP contribution in [0.2, 0.25) is 0 Å². The Balaban J connectivity index is 2.36. The number of nitrogens with zero attached hydrogens (tertiary/aromatic N) is 3. The Morgan fingerprint density at radius 2 is 2.05 bits per heavy atom. The molecule has 1 fully saturated rings. The number of thiazole rings is 1. The highest BCUT2D eigenvalue weighted by atomic mass is 32.1. The number of carbonyl (C=O) groups excluding carboxylic acids is 1. The van der Waals surface area contributed by atoms with Crippen LogP contribution in [0.15, 0.2) is 0 Å². The van der Waals surface area contributed by atoms with Gasteiger partial charge in [-0.1, -0.05) is 11.3 Å². The highest BCUT2D eigenvalue weighted by molar-refractivity contribution is 7.15. The average Bonchev–Trinajstić information content (AvgIpc) is 2.68. The molecule has 0 bridgehead atoms. The third kappa shape index (κ3) is 2.34. The number of carbonyl (C=O) groups is 1. The van der Waals surface area contributed by atoms with Crippen molar-refractivity contribution >= 4 is 22.4 Å². The molecule has 2 heterocycles. The van der Waals surface area contributed by atoms with E-state index in [2.05, 4.69) is 9.88 Å². The zero-order chi connectivity index (χ0) is 14.4. The van der Waals surface area contributed by atoms with Crippen molar-refractivity contribution in [1.82, 2.24) is 9.88 Å². The number of nitrogens with two attached hydrogens (primary N) is 1. The first-order valence-electron chi connectivity index (χ1n) is 6.51. The summed E-state index contributed by atoms with van der Waals surface area (Å²) in [5, 5.41) is 0.899. The smallest absolute Gasteiger partial charge is 0.247 e. The van der Waals surface area contributed by atoms with Crippen molar-refractivity contribution in [3.8, 4) is 0 Å². The van der Waals surface area contributed by atoms with Gasteiger partial charge in [0.1, 0.15) is 5.54 Å². The lowest BCUT2D eigenvalue weighted by Crippen LogP contribution is -2.62. The van der Waals surface area contributed by atoms with Crippen molar-refractivity contribution in [1.29, 1.82) is 0 Å². The Labute approximate surface area is 118 Å². The molecule has 1 aromatic rings. The molecule has 0 aliphatic carbocycles. The first-order valence-corrected chi connectivity index (χ1v) is 7.33. The molecule has 2 rings (SSSR count). The monoisotopic (exact) mass is 282 g/mol. The van der Waals surface area contributed by atoms with Crippen LogP contribution < -0.4 is 10.6 Å². The van der Waals surface area contributed by atoms with Crippen LogP contribution in [0.5, 0.6) is 0 Å². The van der Waals surface area contributed by atoms with Gasteiger partial charge >= 0.3 is 0 Å². The van der Waals surface area contributed by atoms with Crippen LogP contribution in [-0.4, -0.2) is 41.5 Å². The maximum absolute atomic E-state index is 12.3. The normalized spacial score (nSPS) is 20.8. The SMILES string of the molecule is Cc1nc(N2CCN(C)C(=O)C2(C)C)sc1C(C)N. The van der Waals surface area contributed by atoms with Crippen LogP contribution in [0, 0.1) is 6.92 Å². The van der Waals surface area contributed by atoms with Crippen molar-refractivity contribution in [3.63, 3.8) is 0 Å². The second kappa shape index (κ2) is 4.76. The summed E-state index contributed by atoms with van der Waals surface area (Å²) in [6, 6.07) is -0.0162. The second-order valence-corrected chi connectivity index (χ2v) is 6.68. The van der Waals surface area contributed by atoms with Gasteiger partial charge in [0.2, 0.25) is 5.91 Å². The van der Waals surface area contributed by atoms with E-state index in [1.807, 2.05) is 34.7 Å². The van der Waals surface area contributed by atoms with Crippen molar-refractivity contribution in [2.75, 3.05) is 25.0 Å². The highest BCUT2D eigenvalue weighted by Gasteiger charge is 2.42. The standard InChI is InChI=1S/C13H22N4OS/c1-8(14)10-9(2)15-12(19-10)17-7-6-16(5)11(18)13(17,3)4/h8H,6-7,14H2,1-5H3. The van der Waals surface area contributed by atoms with Crippen molar-refractivity contribution < 1.29 is 4.79 Å². The van der Waals surface area contributed by atoms with Crippen LogP contribution in [0.1, 0.15) is 37.4 Å². The Morgan fingerprint density at radius 3 is 2.58 bits per heavy atom. The fourth-order valence-corrected chi connectivity index (χ4v) is 3.67. The molecule has 0 aromatic carbocycles. The van der Waals surface area contributed by atoms with E-state index in [0.717, 1.165) is 28.8 Å². The topological polar surface area (TPSA) is 62.5 Å². The molecule has 1 amide bonds. The molecule has 1 atom stereocenters. The molecule has 1 aliphatic heterocycles. The summed E-state index contributed by atoms with van der Waals surface area (Å²) in [6.45, 7) is 9.38. The lowest BCUT2D eigenvalue weighted by Gasteiger charge is -2.44. The number of aryl methyl sites for hydroxylation is 1. The van der Waals surface area contributed by atoms with Gasteiger partial charge in [0, 0.05) is 31.1 Å². The van der Waals surface area contributed by atoms with E-state index in [0.29, 0.717) is 0 Å². The van der Waals surface area contributed by atoms with Gasteiger partial charge in [-0.2, -0.15) is 0 Å². The van der Waals surface area contributed by atoms with E-state index in [4.69, 9.17) is 5.73 Å². The lowest BCUT2D eigenvalue weighted by molar-refractivity contribution is -0.136. The molecule has 1 saturated heterocycles. The molecular formula is C13H22N4OS.